The summed E-state index contributed by atoms with van der Waals surface area (Å²) >= 11 is 0. The number of H-pyrrole nitrogens is 1. The molecule has 2 aromatic heterocycles. The van der Waals surface area contributed by atoms with E-state index in [9.17, 15) is 4.79 Å². The van der Waals surface area contributed by atoms with Crippen LogP contribution in [0, 0.1) is 0 Å². The molecule has 0 amide bonds. The Balaban J connectivity index is 1.91. The number of nitrogens with zero attached hydrogens (tertiary/aromatic N) is 2. The molecular formula is C21H17N3O. The zero-order chi connectivity index (χ0) is 16.8. The maximum Gasteiger partial charge on any atom is 0.277 e. The van der Waals surface area contributed by atoms with Gasteiger partial charge in [0.25, 0.3) is 5.56 Å². The van der Waals surface area contributed by atoms with Gasteiger partial charge in [-0.2, -0.15) is 9.61 Å². The van der Waals surface area contributed by atoms with Gasteiger partial charge in [-0.3, -0.25) is 4.79 Å². The van der Waals surface area contributed by atoms with Gasteiger partial charge in [0, 0.05) is 16.8 Å². The molecule has 25 heavy (non-hydrogen) atoms. The van der Waals surface area contributed by atoms with Crippen molar-refractivity contribution in [2.75, 3.05) is 0 Å². The van der Waals surface area contributed by atoms with Gasteiger partial charge in [0.1, 0.15) is 11.3 Å². The average molecular weight is 327 g/mol. The first-order valence-corrected chi connectivity index (χ1v) is 8.60. The zero-order valence-electron chi connectivity index (χ0n) is 13.7. The lowest BCUT2D eigenvalue weighted by Gasteiger charge is -2.05. The third-order valence-electron chi connectivity index (χ3n) is 4.93. The van der Waals surface area contributed by atoms with Crippen molar-refractivity contribution in [1.29, 1.82) is 0 Å². The first kappa shape index (κ1) is 14.2. The smallest absolute Gasteiger partial charge is 0.277 e. The van der Waals surface area contributed by atoms with Crippen molar-refractivity contribution in [3.63, 3.8) is 0 Å². The van der Waals surface area contributed by atoms with E-state index < -0.39 is 0 Å². The van der Waals surface area contributed by atoms with Crippen LogP contribution in [0.2, 0.25) is 0 Å². The summed E-state index contributed by atoms with van der Waals surface area (Å²) in [5, 5.41) is 4.71. The van der Waals surface area contributed by atoms with Crippen molar-refractivity contribution in [3.05, 3.63) is 82.3 Å². The summed E-state index contributed by atoms with van der Waals surface area (Å²) in [7, 11) is 0. The maximum atomic E-state index is 12.9. The Hall–Kier alpha value is -3.14. The number of fused-ring (bicyclic) bond motifs is 2. The van der Waals surface area contributed by atoms with E-state index in [2.05, 4.69) is 17.1 Å². The summed E-state index contributed by atoms with van der Waals surface area (Å²) in [4.78, 5) is 16.4. The number of aryl methyl sites for hydroxylation is 1. The fraction of sp³-hybridized carbons (Fsp3) is 0.143. The molecule has 4 heteroatoms. The minimum atomic E-state index is 0.0145. The molecule has 0 aliphatic heterocycles. The van der Waals surface area contributed by atoms with E-state index in [1.165, 1.54) is 0 Å². The van der Waals surface area contributed by atoms with Crippen LogP contribution >= 0.6 is 0 Å². The molecule has 0 saturated carbocycles. The van der Waals surface area contributed by atoms with Crippen molar-refractivity contribution < 1.29 is 0 Å². The Bertz CT molecular complexity index is 1120. The fourth-order valence-electron chi connectivity index (χ4n) is 3.75. The molecule has 0 unspecified atom stereocenters. The van der Waals surface area contributed by atoms with Gasteiger partial charge in [0.15, 0.2) is 0 Å². The summed E-state index contributed by atoms with van der Waals surface area (Å²) in [6.45, 7) is 0. The molecule has 122 valence electrons. The minimum Gasteiger partial charge on any atom is -0.343 e. The molecule has 0 saturated heterocycles. The first-order valence-electron chi connectivity index (χ1n) is 8.60. The molecule has 1 aliphatic carbocycles. The summed E-state index contributed by atoms with van der Waals surface area (Å²) < 4.78 is 1.55. The second-order valence-electron chi connectivity index (χ2n) is 6.46. The molecule has 0 bridgehead atoms. The molecule has 5 rings (SSSR count). The lowest BCUT2D eigenvalue weighted by atomic mass is 10.0. The van der Waals surface area contributed by atoms with E-state index in [4.69, 9.17) is 5.10 Å². The van der Waals surface area contributed by atoms with Gasteiger partial charge in [-0.1, -0.05) is 60.7 Å². The first-order chi connectivity index (χ1) is 12.3. The number of aromatic nitrogens is 3. The molecule has 0 fully saturated rings. The number of aromatic amines is 1. The van der Waals surface area contributed by atoms with E-state index in [1.807, 2.05) is 48.5 Å². The predicted octanol–water partition coefficient (Wildman–Crippen LogP) is 3.85. The van der Waals surface area contributed by atoms with Crippen LogP contribution < -0.4 is 5.56 Å². The van der Waals surface area contributed by atoms with Crippen molar-refractivity contribution in [2.45, 2.75) is 19.3 Å². The molecule has 1 aliphatic rings. The Morgan fingerprint density at radius 1 is 0.880 bits per heavy atom. The standard InChI is InChI=1S/C21H17N3O/c25-21-16-12-7-13-17(16)22-20-18(14-8-3-1-4-9-14)19(23-24(20)21)15-10-5-2-6-11-15/h1-6,8-11,22H,7,12-13H2. The topological polar surface area (TPSA) is 50.2 Å². The molecular weight excluding hydrogens is 310 g/mol. The summed E-state index contributed by atoms with van der Waals surface area (Å²) in [5.74, 6) is 0. The average Bonchev–Trinajstić information content (AvgIpc) is 3.28. The van der Waals surface area contributed by atoms with Crippen molar-refractivity contribution >= 4 is 5.65 Å². The summed E-state index contributed by atoms with van der Waals surface area (Å²) in [6.07, 6.45) is 2.80. The number of nitrogens with one attached hydrogen (secondary N) is 1. The summed E-state index contributed by atoms with van der Waals surface area (Å²) in [5.41, 5.74) is 6.64. The van der Waals surface area contributed by atoms with E-state index in [0.717, 1.165) is 58.6 Å². The molecule has 4 aromatic rings. The highest BCUT2D eigenvalue weighted by atomic mass is 16.1. The molecule has 4 nitrogen and oxygen atoms in total. The Labute approximate surface area is 144 Å². The van der Waals surface area contributed by atoms with Crippen molar-refractivity contribution in [2.24, 2.45) is 0 Å². The van der Waals surface area contributed by atoms with E-state index in [0.29, 0.717) is 0 Å². The Morgan fingerprint density at radius 3 is 2.28 bits per heavy atom. The third kappa shape index (κ3) is 2.14. The van der Waals surface area contributed by atoms with E-state index in [1.54, 1.807) is 4.52 Å². The largest absolute Gasteiger partial charge is 0.343 e. The predicted molar refractivity (Wildman–Crippen MR) is 98.7 cm³/mol. The van der Waals surface area contributed by atoms with Gasteiger partial charge in [0.05, 0.1) is 5.56 Å². The van der Waals surface area contributed by atoms with Crippen molar-refractivity contribution in [1.82, 2.24) is 14.6 Å². The maximum absolute atomic E-state index is 12.9. The second kappa shape index (κ2) is 5.45. The van der Waals surface area contributed by atoms with Crippen LogP contribution in [0.15, 0.2) is 65.5 Å². The molecule has 0 radical (unpaired) electrons. The molecule has 0 spiro atoms. The van der Waals surface area contributed by atoms with Crippen LogP contribution in [0.4, 0.5) is 0 Å². The molecule has 2 heterocycles. The van der Waals surface area contributed by atoms with Crippen LogP contribution in [0.25, 0.3) is 28.0 Å². The monoisotopic (exact) mass is 327 g/mol. The lowest BCUT2D eigenvalue weighted by molar-refractivity contribution is 0.873. The van der Waals surface area contributed by atoms with Crippen molar-refractivity contribution in [3.8, 4) is 22.4 Å². The van der Waals surface area contributed by atoms with Crippen LogP contribution in [0.1, 0.15) is 17.7 Å². The number of rotatable bonds is 2. The Kier molecular flexibility index (Phi) is 3.10. The van der Waals surface area contributed by atoms with Gasteiger partial charge in [0.2, 0.25) is 0 Å². The highest BCUT2D eigenvalue weighted by Gasteiger charge is 2.23. The van der Waals surface area contributed by atoms with Gasteiger partial charge >= 0.3 is 0 Å². The molecule has 1 N–H and O–H groups in total. The minimum absolute atomic E-state index is 0.0145. The second-order valence-corrected chi connectivity index (χ2v) is 6.46. The highest BCUT2D eigenvalue weighted by molar-refractivity contribution is 5.90. The molecule has 2 aromatic carbocycles. The lowest BCUT2D eigenvalue weighted by Crippen LogP contribution is -2.20. The number of benzene rings is 2. The normalized spacial score (nSPS) is 13.3. The van der Waals surface area contributed by atoms with Crippen LogP contribution in [0.3, 0.4) is 0 Å². The van der Waals surface area contributed by atoms with Gasteiger partial charge in [-0.05, 0) is 24.8 Å². The van der Waals surface area contributed by atoms with Gasteiger partial charge < -0.3 is 4.98 Å². The van der Waals surface area contributed by atoms with Crippen LogP contribution in [-0.4, -0.2) is 14.6 Å². The van der Waals surface area contributed by atoms with Gasteiger partial charge in [-0.15, -0.1) is 0 Å². The summed E-state index contributed by atoms with van der Waals surface area (Å²) in [6, 6.07) is 20.2. The fourth-order valence-corrected chi connectivity index (χ4v) is 3.75. The SMILES string of the molecule is O=c1c2c([nH]c3c(-c4ccccc4)c(-c4ccccc4)nn13)CCC2. The quantitative estimate of drug-likeness (QED) is 0.608. The van der Waals surface area contributed by atoms with Crippen LogP contribution in [-0.2, 0) is 12.8 Å². The third-order valence-corrected chi connectivity index (χ3v) is 4.93. The highest BCUT2D eigenvalue weighted by Crippen LogP contribution is 2.34. The number of hydrogen-bond acceptors (Lipinski definition) is 2. The molecule has 0 atom stereocenters. The van der Waals surface area contributed by atoms with Gasteiger partial charge in [-0.25, -0.2) is 0 Å². The Morgan fingerprint density at radius 2 is 1.56 bits per heavy atom. The zero-order valence-corrected chi connectivity index (χ0v) is 13.7. The van der Waals surface area contributed by atoms with E-state index >= 15 is 0 Å². The van der Waals surface area contributed by atoms with Crippen LogP contribution in [0.5, 0.6) is 0 Å². The van der Waals surface area contributed by atoms with E-state index in [-0.39, 0.29) is 5.56 Å². The number of hydrogen-bond donors (Lipinski definition) is 1.